The third-order valence-corrected chi connectivity index (χ3v) is 3.19. The lowest BCUT2D eigenvalue weighted by atomic mass is 10.2. The van der Waals surface area contributed by atoms with Gasteiger partial charge in [-0.3, -0.25) is 4.68 Å². The second kappa shape index (κ2) is 6.03. The molecule has 0 aliphatic heterocycles. The van der Waals surface area contributed by atoms with Crippen molar-refractivity contribution in [1.82, 2.24) is 9.78 Å². The molecule has 2 aromatic rings. The lowest BCUT2D eigenvalue weighted by Gasteiger charge is -2.05. The normalized spacial score (nSPS) is 11.9. The molecule has 0 fully saturated rings. The molecule has 0 saturated carbocycles. The summed E-state index contributed by atoms with van der Waals surface area (Å²) in [7, 11) is 0. The Balaban J connectivity index is 2.32. The van der Waals surface area contributed by atoms with Crippen molar-refractivity contribution < 1.29 is 22.7 Å². The van der Waals surface area contributed by atoms with Gasteiger partial charge in [0.15, 0.2) is 5.69 Å². The Kier molecular flexibility index (Phi) is 4.53. The minimum Gasteiger partial charge on any atom is -0.396 e. The van der Waals surface area contributed by atoms with Crippen LogP contribution >= 0.6 is 11.6 Å². The van der Waals surface area contributed by atoms with E-state index >= 15 is 0 Å². The smallest absolute Gasteiger partial charge is 0.396 e. The van der Waals surface area contributed by atoms with E-state index in [-0.39, 0.29) is 23.6 Å². The highest BCUT2D eigenvalue weighted by molar-refractivity contribution is 6.31. The molecule has 1 heterocycles. The first-order valence-corrected chi connectivity index (χ1v) is 6.37. The average Bonchev–Trinajstić information content (AvgIpc) is 2.76. The molecule has 0 atom stereocenters. The topological polar surface area (TPSA) is 38.0 Å². The average molecular weight is 323 g/mol. The molecule has 0 saturated heterocycles. The molecule has 0 amide bonds. The molecule has 0 aliphatic rings. The van der Waals surface area contributed by atoms with Crippen LogP contribution in [0.15, 0.2) is 24.4 Å². The van der Waals surface area contributed by atoms with Crippen LogP contribution in [0.5, 0.6) is 0 Å². The summed E-state index contributed by atoms with van der Waals surface area (Å²) in [6.45, 7) is -0.431. The summed E-state index contributed by atoms with van der Waals surface area (Å²) in [6, 6.07) is 3.64. The Bertz CT molecular complexity index is 640. The summed E-state index contributed by atoms with van der Waals surface area (Å²) in [5.74, 6) is -0.527. The fourth-order valence-electron chi connectivity index (χ4n) is 1.91. The SMILES string of the molecule is OCCc1cn(Cc2ccc(F)cc2Cl)nc1C(F)(F)F. The number of aliphatic hydroxyl groups is 1. The number of aromatic nitrogens is 2. The Morgan fingerprint density at radius 2 is 1.95 bits per heavy atom. The third-order valence-electron chi connectivity index (χ3n) is 2.83. The number of aliphatic hydroxyl groups excluding tert-OH is 1. The van der Waals surface area contributed by atoms with E-state index in [4.69, 9.17) is 16.7 Å². The van der Waals surface area contributed by atoms with Crippen molar-refractivity contribution in [2.75, 3.05) is 6.61 Å². The third kappa shape index (κ3) is 3.74. The lowest BCUT2D eigenvalue weighted by molar-refractivity contribution is -0.142. The van der Waals surface area contributed by atoms with Crippen molar-refractivity contribution in [2.45, 2.75) is 19.1 Å². The first kappa shape index (κ1) is 15.8. The van der Waals surface area contributed by atoms with Crippen molar-refractivity contribution in [2.24, 2.45) is 0 Å². The number of hydrogen-bond acceptors (Lipinski definition) is 2. The van der Waals surface area contributed by atoms with Gasteiger partial charge in [0.2, 0.25) is 0 Å². The van der Waals surface area contributed by atoms with Crippen molar-refractivity contribution in [3.8, 4) is 0 Å². The highest BCUT2D eigenvalue weighted by Gasteiger charge is 2.36. The number of nitrogens with zero attached hydrogens (tertiary/aromatic N) is 2. The molecule has 2 rings (SSSR count). The largest absolute Gasteiger partial charge is 0.435 e. The molecule has 1 aromatic heterocycles. The standard InChI is InChI=1S/C13H11ClF4N2O/c14-11-5-10(15)2-1-8(11)6-20-7-9(3-4-21)12(19-20)13(16,17)18/h1-2,5,7,21H,3-4,6H2. The fourth-order valence-corrected chi connectivity index (χ4v) is 2.14. The van der Waals surface area contributed by atoms with Crippen LogP contribution in [0.3, 0.4) is 0 Å². The Morgan fingerprint density at radius 3 is 2.52 bits per heavy atom. The maximum atomic E-state index is 12.9. The minimum atomic E-state index is -4.59. The molecule has 0 radical (unpaired) electrons. The zero-order chi connectivity index (χ0) is 15.6. The summed E-state index contributed by atoms with van der Waals surface area (Å²) in [5.41, 5.74) is -0.678. The van der Waals surface area contributed by atoms with Crippen LogP contribution in [0.4, 0.5) is 17.6 Å². The number of alkyl halides is 3. The molecule has 8 heteroatoms. The van der Waals surface area contributed by atoms with Crippen molar-refractivity contribution in [3.63, 3.8) is 0 Å². The lowest BCUT2D eigenvalue weighted by Crippen LogP contribution is -2.11. The molecule has 0 unspecified atom stereocenters. The second-order valence-corrected chi connectivity index (χ2v) is 4.81. The number of rotatable bonds is 4. The predicted octanol–water partition coefficient (Wildman–Crippen LogP) is 3.28. The van der Waals surface area contributed by atoms with Gasteiger partial charge in [0, 0.05) is 23.4 Å². The van der Waals surface area contributed by atoms with Crippen LogP contribution in [0, 0.1) is 5.82 Å². The summed E-state index contributed by atoms with van der Waals surface area (Å²) in [4.78, 5) is 0. The molecule has 0 spiro atoms. The minimum absolute atomic E-state index is 0.0202. The van der Waals surface area contributed by atoms with Gasteiger partial charge in [-0.05, 0) is 24.1 Å². The maximum absolute atomic E-state index is 12.9. The highest BCUT2D eigenvalue weighted by atomic mass is 35.5. The zero-order valence-electron chi connectivity index (χ0n) is 10.7. The van der Waals surface area contributed by atoms with E-state index in [1.54, 1.807) is 0 Å². The molecule has 114 valence electrons. The number of benzene rings is 1. The van der Waals surface area contributed by atoms with E-state index in [0.717, 1.165) is 10.7 Å². The van der Waals surface area contributed by atoms with E-state index in [0.29, 0.717) is 5.56 Å². The first-order chi connectivity index (χ1) is 9.81. The van der Waals surface area contributed by atoms with E-state index in [2.05, 4.69) is 5.10 Å². The van der Waals surface area contributed by atoms with Crippen LogP contribution < -0.4 is 0 Å². The van der Waals surface area contributed by atoms with Gasteiger partial charge < -0.3 is 5.11 Å². The van der Waals surface area contributed by atoms with Gasteiger partial charge in [-0.25, -0.2) is 4.39 Å². The van der Waals surface area contributed by atoms with E-state index in [1.165, 1.54) is 18.3 Å². The maximum Gasteiger partial charge on any atom is 0.435 e. The van der Waals surface area contributed by atoms with Crippen molar-refractivity contribution in [3.05, 3.63) is 52.1 Å². The van der Waals surface area contributed by atoms with Gasteiger partial charge in [0.1, 0.15) is 5.82 Å². The Labute approximate surface area is 122 Å². The van der Waals surface area contributed by atoms with Crippen LogP contribution in [-0.4, -0.2) is 21.5 Å². The quantitative estimate of drug-likeness (QED) is 0.877. The summed E-state index contributed by atoms with van der Waals surface area (Å²) in [5, 5.41) is 12.4. The van der Waals surface area contributed by atoms with Gasteiger partial charge in [-0.15, -0.1) is 0 Å². The van der Waals surface area contributed by atoms with Gasteiger partial charge in [-0.1, -0.05) is 17.7 Å². The molecule has 21 heavy (non-hydrogen) atoms. The van der Waals surface area contributed by atoms with Gasteiger partial charge in [-0.2, -0.15) is 18.3 Å². The molecule has 1 aromatic carbocycles. The highest BCUT2D eigenvalue weighted by Crippen LogP contribution is 2.31. The van der Waals surface area contributed by atoms with Crippen LogP contribution in [0.25, 0.3) is 0 Å². The van der Waals surface area contributed by atoms with Crippen LogP contribution in [0.2, 0.25) is 5.02 Å². The summed E-state index contributed by atoms with van der Waals surface area (Å²) in [6.07, 6.45) is -3.53. The second-order valence-electron chi connectivity index (χ2n) is 4.41. The molecule has 0 aliphatic carbocycles. The molecule has 0 bridgehead atoms. The molecule has 3 nitrogen and oxygen atoms in total. The summed E-state index contributed by atoms with van der Waals surface area (Å²) >= 11 is 5.83. The number of hydrogen-bond donors (Lipinski definition) is 1. The summed E-state index contributed by atoms with van der Waals surface area (Å²) < 4.78 is 52.5. The van der Waals surface area contributed by atoms with E-state index in [1.807, 2.05) is 0 Å². The van der Waals surface area contributed by atoms with Gasteiger partial charge in [0.05, 0.1) is 6.54 Å². The Hall–Kier alpha value is -1.60. The van der Waals surface area contributed by atoms with Crippen LogP contribution in [-0.2, 0) is 19.1 Å². The first-order valence-electron chi connectivity index (χ1n) is 5.99. The Morgan fingerprint density at radius 1 is 1.24 bits per heavy atom. The fraction of sp³-hybridized carbons (Fsp3) is 0.308. The van der Waals surface area contributed by atoms with E-state index in [9.17, 15) is 17.6 Å². The molecular weight excluding hydrogens is 312 g/mol. The van der Waals surface area contributed by atoms with Crippen molar-refractivity contribution in [1.29, 1.82) is 0 Å². The monoisotopic (exact) mass is 322 g/mol. The van der Waals surface area contributed by atoms with Crippen LogP contribution in [0.1, 0.15) is 16.8 Å². The molecular formula is C13H11ClF4N2O. The van der Waals surface area contributed by atoms with Gasteiger partial charge in [0.25, 0.3) is 0 Å². The number of halogens is 5. The predicted molar refractivity (Wildman–Crippen MR) is 68.5 cm³/mol. The van der Waals surface area contributed by atoms with Crippen molar-refractivity contribution >= 4 is 11.6 Å². The zero-order valence-corrected chi connectivity index (χ0v) is 11.4. The molecule has 1 N–H and O–H groups in total. The van der Waals surface area contributed by atoms with Gasteiger partial charge >= 0.3 is 6.18 Å². The van der Waals surface area contributed by atoms with E-state index < -0.39 is 24.3 Å².